The predicted octanol–water partition coefficient (Wildman–Crippen LogP) is 1.59. The molecule has 8 heteroatoms. The lowest BCUT2D eigenvalue weighted by Gasteiger charge is -2.06. The number of carboxylic acids is 1. The van der Waals surface area contributed by atoms with E-state index in [4.69, 9.17) is 9.52 Å². The second-order valence-electron chi connectivity index (χ2n) is 3.80. The molecular weight excluding hydrogens is 258 g/mol. The molecule has 0 radical (unpaired) electrons. The van der Waals surface area contributed by atoms with Crippen LogP contribution in [-0.4, -0.2) is 25.8 Å². The predicted molar refractivity (Wildman–Crippen MR) is 63.0 cm³/mol. The Morgan fingerprint density at radius 3 is 2.83 bits per heavy atom. The van der Waals surface area contributed by atoms with Gasteiger partial charge in [-0.05, 0) is 37.7 Å². The van der Waals surface area contributed by atoms with E-state index in [1.54, 1.807) is 0 Å². The summed E-state index contributed by atoms with van der Waals surface area (Å²) in [5.41, 5.74) is -0.308. The average molecular weight is 269 g/mol. The SMILES string of the molecule is CC(C)n1c(Sc2ccc(C(=O)O)o2)n[nH]c1=O. The van der Waals surface area contributed by atoms with Crippen molar-refractivity contribution < 1.29 is 14.3 Å². The van der Waals surface area contributed by atoms with Crippen LogP contribution in [0.4, 0.5) is 0 Å². The highest BCUT2D eigenvalue weighted by Crippen LogP contribution is 2.28. The lowest BCUT2D eigenvalue weighted by Crippen LogP contribution is -2.19. The van der Waals surface area contributed by atoms with Crippen molar-refractivity contribution in [1.82, 2.24) is 14.8 Å². The van der Waals surface area contributed by atoms with Crippen molar-refractivity contribution in [2.24, 2.45) is 0 Å². The molecule has 2 N–H and O–H groups in total. The first-order valence-electron chi connectivity index (χ1n) is 5.17. The molecule has 7 nitrogen and oxygen atoms in total. The monoisotopic (exact) mass is 269 g/mol. The van der Waals surface area contributed by atoms with E-state index < -0.39 is 5.97 Å². The summed E-state index contributed by atoms with van der Waals surface area (Å²) < 4.78 is 6.55. The second kappa shape index (κ2) is 4.73. The van der Waals surface area contributed by atoms with Gasteiger partial charge in [0.15, 0.2) is 10.2 Å². The Hall–Kier alpha value is -1.96. The zero-order valence-corrected chi connectivity index (χ0v) is 10.5. The van der Waals surface area contributed by atoms with Crippen molar-refractivity contribution in [2.45, 2.75) is 30.1 Å². The van der Waals surface area contributed by atoms with Crippen molar-refractivity contribution in [2.75, 3.05) is 0 Å². The molecule has 0 saturated heterocycles. The first-order chi connectivity index (χ1) is 8.49. The van der Waals surface area contributed by atoms with E-state index in [1.165, 1.54) is 16.7 Å². The van der Waals surface area contributed by atoms with Crippen LogP contribution < -0.4 is 5.69 Å². The van der Waals surface area contributed by atoms with Gasteiger partial charge in [-0.3, -0.25) is 4.57 Å². The zero-order valence-electron chi connectivity index (χ0n) is 9.71. The maximum Gasteiger partial charge on any atom is 0.371 e. The van der Waals surface area contributed by atoms with E-state index in [0.717, 1.165) is 11.8 Å². The van der Waals surface area contributed by atoms with Crippen LogP contribution in [0.2, 0.25) is 0 Å². The largest absolute Gasteiger partial charge is 0.475 e. The van der Waals surface area contributed by atoms with Crippen molar-refractivity contribution in [3.8, 4) is 0 Å². The highest BCUT2D eigenvalue weighted by Gasteiger charge is 2.16. The number of carboxylic acid groups (broad SMARTS) is 1. The van der Waals surface area contributed by atoms with E-state index in [-0.39, 0.29) is 17.5 Å². The van der Waals surface area contributed by atoms with Gasteiger partial charge in [-0.15, -0.1) is 5.10 Å². The lowest BCUT2D eigenvalue weighted by atomic mass is 10.4. The quantitative estimate of drug-likeness (QED) is 0.874. The van der Waals surface area contributed by atoms with E-state index >= 15 is 0 Å². The highest BCUT2D eigenvalue weighted by atomic mass is 32.2. The fraction of sp³-hybridized carbons (Fsp3) is 0.300. The van der Waals surface area contributed by atoms with E-state index in [2.05, 4.69) is 10.2 Å². The lowest BCUT2D eigenvalue weighted by molar-refractivity contribution is 0.0656. The number of furan rings is 1. The molecule has 0 spiro atoms. The van der Waals surface area contributed by atoms with Crippen LogP contribution in [0.1, 0.15) is 30.4 Å². The topological polar surface area (TPSA) is 101 Å². The average Bonchev–Trinajstić information content (AvgIpc) is 2.86. The number of carbonyl (C=O) groups is 1. The number of rotatable bonds is 4. The minimum atomic E-state index is -1.13. The second-order valence-corrected chi connectivity index (χ2v) is 4.77. The van der Waals surface area contributed by atoms with Crippen molar-refractivity contribution in [3.63, 3.8) is 0 Å². The summed E-state index contributed by atoms with van der Waals surface area (Å²) in [6, 6.07) is 2.83. The molecule has 2 rings (SSSR count). The normalized spacial score (nSPS) is 11.1. The fourth-order valence-corrected chi connectivity index (χ4v) is 2.33. The molecule has 0 unspecified atom stereocenters. The van der Waals surface area contributed by atoms with Crippen LogP contribution in [0.25, 0.3) is 0 Å². The van der Waals surface area contributed by atoms with Crippen LogP contribution in [0.5, 0.6) is 0 Å². The Balaban J connectivity index is 2.28. The third kappa shape index (κ3) is 2.33. The van der Waals surface area contributed by atoms with E-state index in [0.29, 0.717) is 10.2 Å². The number of nitrogens with zero attached hydrogens (tertiary/aromatic N) is 2. The van der Waals surface area contributed by atoms with Gasteiger partial charge in [0.2, 0.25) is 5.76 Å². The Labute approximate surface area is 106 Å². The molecule has 0 atom stereocenters. The number of aromatic carboxylic acids is 1. The summed E-state index contributed by atoms with van der Waals surface area (Å²) in [6.07, 6.45) is 0. The highest BCUT2D eigenvalue weighted by molar-refractivity contribution is 7.99. The molecule has 0 aromatic carbocycles. The van der Waals surface area contributed by atoms with Gasteiger partial charge in [0.05, 0.1) is 0 Å². The van der Waals surface area contributed by atoms with Gasteiger partial charge in [-0.2, -0.15) is 0 Å². The van der Waals surface area contributed by atoms with Crippen LogP contribution in [0, 0.1) is 0 Å². The van der Waals surface area contributed by atoms with Crippen LogP contribution >= 0.6 is 11.8 Å². The molecule has 0 aliphatic carbocycles. The number of hydrogen-bond acceptors (Lipinski definition) is 5. The Morgan fingerprint density at radius 1 is 1.56 bits per heavy atom. The molecule has 0 fully saturated rings. The van der Waals surface area contributed by atoms with Gasteiger partial charge in [-0.25, -0.2) is 14.7 Å². The van der Waals surface area contributed by atoms with E-state index in [1.807, 2.05) is 13.8 Å². The van der Waals surface area contributed by atoms with Gasteiger partial charge in [0, 0.05) is 6.04 Å². The standard InChI is InChI=1S/C10H11N3O4S/c1-5(2)13-9(16)11-12-10(13)18-7-4-3-6(17-7)8(14)15/h3-5H,1-2H3,(H,11,16)(H,14,15). The summed E-state index contributed by atoms with van der Waals surface area (Å²) in [5, 5.41) is 15.7. The summed E-state index contributed by atoms with van der Waals surface area (Å²) >= 11 is 1.09. The fourth-order valence-electron chi connectivity index (χ4n) is 1.40. The first-order valence-corrected chi connectivity index (χ1v) is 5.98. The first kappa shape index (κ1) is 12.5. The third-order valence-corrected chi connectivity index (χ3v) is 3.06. The van der Waals surface area contributed by atoms with Gasteiger partial charge >= 0.3 is 11.7 Å². The molecule has 18 heavy (non-hydrogen) atoms. The molecule has 2 heterocycles. The molecule has 2 aromatic heterocycles. The Bertz CT molecular complexity index is 625. The number of H-pyrrole nitrogens is 1. The molecular formula is C10H11N3O4S. The summed E-state index contributed by atoms with van der Waals surface area (Å²) in [4.78, 5) is 22.2. The number of aromatic nitrogens is 3. The maximum absolute atomic E-state index is 11.5. The number of nitrogens with one attached hydrogen (secondary N) is 1. The minimum Gasteiger partial charge on any atom is -0.475 e. The molecule has 2 aromatic rings. The Morgan fingerprint density at radius 2 is 2.28 bits per heavy atom. The van der Waals surface area contributed by atoms with Gasteiger partial charge in [-0.1, -0.05) is 0 Å². The van der Waals surface area contributed by atoms with Crippen LogP contribution in [0.3, 0.4) is 0 Å². The maximum atomic E-state index is 11.5. The van der Waals surface area contributed by atoms with Crippen molar-refractivity contribution in [1.29, 1.82) is 0 Å². The molecule has 0 amide bonds. The van der Waals surface area contributed by atoms with Gasteiger partial charge in [0.25, 0.3) is 0 Å². The third-order valence-electron chi connectivity index (χ3n) is 2.17. The number of aromatic amines is 1. The molecule has 0 saturated carbocycles. The smallest absolute Gasteiger partial charge is 0.371 e. The molecule has 0 bridgehead atoms. The molecule has 0 aliphatic heterocycles. The zero-order chi connectivity index (χ0) is 13.3. The summed E-state index contributed by atoms with van der Waals surface area (Å²) in [6.45, 7) is 3.71. The van der Waals surface area contributed by atoms with Crippen LogP contribution in [0.15, 0.2) is 31.6 Å². The van der Waals surface area contributed by atoms with Crippen molar-refractivity contribution in [3.05, 3.63) is 28.4 Å². The minimum absolute atomic E-state index is 0.0485. The van der Waals surface area contributed by atoms with Crippen molar-refractivity contribution >= 4 is 17.7 Å². The molecule has 0 aliphatic rings. The Kier molecular flexibility index (Phi) is 3.28. The van der Waals surface area contributed by atoms with Gasteiger partial charge in [0.1, 0.15) is 0 Å². The summed E-state index contributed by atoms with van der Waals surface area (Å²) in [7, 11) is 0. The summed E-state index contributed by atoms with van der Waals surface area (Å²) in [5.74, 6) is -1.28. The van der Waals surface area contributed by atoms with Gasteiger partial charge < -0.3 is 9.52 Å². The molecule has 96 valence electrons. The van der Waals surface area contributed by atoms with Crippen LogP contribution in [-0.2, 0) is 0 Å². The van der Waals surface area contributed by atoms with E-state index in [9.17, 15) is 9.59 Å². The number of hydrogen-bond donors (Lipinski definition) is 2.